The van der Waals surface area contributed by atoms with Gasteiger partial charge in [0.1, 0.15) is 12.4 Å². The fourth-order valence-corrected chi connectivity index (χ4v) is 3.45. The molecule has 2 amide bonds. The molecule has 0 unspecified atom stereocenters. The standard InChI is InChI=1S/C21H20N2O3S/c1-14-9-10-27-19(14)12-23-21(25)16-6-4-5-15(11-16)13-26-18-8-3-2-7-17(18)20(22)24/h2-11H,12-13H2,1H3,(H2,22,24)(H,23,25). The van der Waals surface area contributed by atoms with Gasteiger partial charge >= 0.3 is 0 Å². The molecular formula is C21H20N2O3S. The summed E-state index contributed by atoms with van der Waals surface area (Å²) in [4.78, 5) is 25.0. The van der Waals surface area contributed by atoms with Crippen molar-refractivity contribution < 1.29 is 14.3 Å². The van der Waals surface area contributed by atoms with E-state index in [1.807, 2.05) is 30.5 Å². The van der Waals surface area contributed by atoms with Crippen LogP contribution in [0.25, 0.3) is 0 Å². The monoisotopic (exact) mass is 380 g/mol. The molecule has 3 N–H and O–H groups in total. The van der Waals surface area contributed by atoms with E-state index in [9.17, 15) is 9.59 Å². The second kappa shape index (κ2) is 8.51. The van der Waals surface area contributed by atoms with Gasteiger partial charge in [-0.2, -0.15) is 0 Å². The number of primary amides is 1. The average molecular weight is 380 g/mol. The third-order valence-corrected chi connectivity index (χ3v) is 5.14. The number of nitrogens with two attached hydrogens (primary N) is 1. The van der Waals surface area contributed by atoms with Crippen LogP contribution >= 0.6 is 11.3 Å². The summed E-state index contributed by atoms with van der Waals surface area (Å²) in [7, 11) is 0. The van der Waals surface area contributed by atoms with Gasteiger partial charge in [-0.3, -0.25) is 9.59 Å². The van der Waals surface area contributed by atoms with Crippen LogP contribution in [-0.4, -0.2) is 11.8 Å². The van der Waals surface area contributed by atoms with Crippen molar-refractivity contribution in [3.05, 3.63) is 87.1 Å². The number of nitrogens with one attached hydrogen (secondary N) is 1. The summed E-state index contributed by atoms with van der Waals surface area (Å²) >= 11 is 1.63. The Bertz CT molecular complexity index is 965. The molecule has 3 rings (SSSR count). The second-order valence-corrected chi connectivity index (χ2v) is 7.06. The number of carbonyl (C=O) groups is 2. The quantitative estimate of drug-likeness (QED) is 0.656. The Labute approximate surface area is 161 Å². The van der Waals surface area contributed by atoms with E-state index in [1.54, 1.807) is 47.7 Å². The van der Waals surface area contributed by atoms with Crippen LogP contribution < -0.4 is 15.8 Å². The van der Waals surface area contributed by atoms with E-state index in [4.69, 9.17) is 10.5 Å². The largest absolute Gasteiger partial charge is 0.488 e. The van der Waals surface area contributed by atoms with E-state index in [0.29, 0.717) is 23.4 Å². The van der Waals surface area contributed by atoms with Crippen LogP contribution in [0.1, 0.15) is 36.7 Å². The predicted octanol–water partition coefficient (Wildman–Crippen LogP) is 3.66. The van der Waals surface area contributed by atoms with Crippen LogP contribution in [0.3, 0.4) is 0 Å². The van der Waals surface area contributed by atoms with E-state index in [1.165, 1.54) is 5.56 Å². The number of hydrogen-bond donors (Lipinski definition) is 2. The van der Waals surface area contributed by atoms with Crippen LogP contribution in [-0.2, 0) is 13.2 Å². The molecule has 0 spiro atoms. The van der Waals surface area contributed by atoms with Crippen molar-refractivity contribution in [3.63, 3.8) is 0 Å². The summed E-state index contributed by atoms with van der Waals surface area (Å²) in [5, 5.41) is 4.95. The van der Waals surface area contributed by atoms with Gasteiger partial charge in [-0.05, 0) is 53.8 Å². The van der Waals surface area contributed by atoms with E-state index in [2.05, 4.69) is 5.32 Å². The fourth-order valence-electron chi connectivity index (χ4n) is 2.61. The van der Waals surface area contributed by atoms with E-state index in [0.717, 1.165) is 10.4 Å². The maximum Gasteiger partial charge on any atom is 0.252 e. The maximum absolute atomic E-state index is 12.4. The highest BCUT2D eigenvalue weighted by Crippen LogP contribution is 2.19. The Morgan fingerprint density at radius 3 is 2.67 bits per heavy atom. The van der Waals surface area contributed by atoms with Crippen molar-refractivity contribution in [2.45, 2.75) is 20.1 Å². The number of carbonyl (C=O) groups excluding carboxylic acids is 2. The SMILES string of the molecule is Cc1ccsc1CNC(=O)c1cccc(COc2ccccc2C(N)=O)c1. The lowest BCUT2D eigenvalue weighted by atomic mass is 10.1. The first-order valence-electron chi connectivity index (χ1n) is 8.46. The molecule has 0 radical (unpaired) electrons. The van der Waals surface area contributed by atoms with Gasteiger partial charge in [0.2, 0.25) is 0 Å². The van der Waals surface area contributed by atoms with Crippen LogP contribution in [0, 0.1) is 6.92 Å². The number of hydrogen-bond acceptors (Lipinski definition) is 4. The number of amides is 2. The van der Waals surface area contributed by atoms with Gasteiger partial charge in [0.05, 0.1) is 12.1 Å². The lowest BCUT2D eigenvalue weighted by Crippen LogP contribution is -2.22. The molecule has 0 saturated heterocycles. The zero-order valence-electron chi connectivity index (χ0n) is 14.9. The lowest BCUT2D eigenvalue weighted by molar-refractivity contribution is 0.0950. The molecule has 1 aromatic heterocycles. The normalized spacial score (nSPS) is 10.4. The number of thiophene rings is 1. The van der Waals surface area contributed by atoms with Crippen molar-refractivity contribution in [1.29, 1.82) is 0 Å². The number of para-hydroxylation sites is 1. The molecule has 138 valence electrons. The summed E-state index contributed by atoms with van der Waals surface area (Å²) in [6, 6.07) is 16.1. The van der Waals surface area contributed by atoms with Crippen molar-refractivity contribution in [3.8, 4) is 5.75 Å². The van der Waals surface area contributed by atoms with Crippen LogP contribution in [0.4, 0.5) is 0 Å². The molecule has 0 aliphatic heterocycles. The van der Waals surface area contributed by atoms with Crippen molar-refractivity contribution in [2.75, 3.05) is 0 Å². The zero-order valence-corrected chi connectivity index (χ0v) is 15.7. The zero-order chi connectivity index (χ0) is 19.2. The molecule has 6 heteroatoms. The van der Waals surface area contributed by atoms with E-state index < -0.39 is 5.91 Å². The number of aryl methyl sites for hydroxylation is 1. The van der Waals surface area contributed by atoms with Gasteiger partial charge in [0.15, 0.2) is 0 Å². The third-order valence-electron chi connectivity index (χ3n) is 4.11. The van der Waals surface area contributed by atoms with Crippen LogP contribution in [0.15, 0.2) is 60.0 Å². The molecule has 0 fully saturated rings. The Morgan fingerprint density at radius 1 is 1.11 bits per heavy atom. The van der Waals surface area contributed by atoms with Crippen LogP contribution in [0.2, 0.25) is 0 Å². The predicted molar refractivity (Wildman–Crippen MR) is 106 cm³/mol. The lowest BCUT2D eigenvalue weighted by Gasteiger charge is -2.10. The van der Waals surface area contributed by atoms with Gasteiger partial charge in [-0.1, -0.05) is 24.3 Å². The maximum atomic E-state index is 12.4. The molecule has 0 atom stereocenters. The fraction of sp³-hybridized carbons (Fsp3) is 0.143. The van der Waals surface area contributed by atoms with Crippen molar-refractivity contribution in [1.82, 2.24) is 5.32 Å². The number of ether oxygens (including phenoxy) is 1. The van der Waals surface area contributed by atoms with E-state index >= 15 is 0 Å². The van der Waals surface area contributed by atoms with Gasteiger partial charge in [-0.25, -0.2) is 0 Å². The number of benzene rings is 2. The molecular weight excluding hydrogens is 360 g/mol. The topological polar surface area (TPSA) is 81.4 Å². The van der Waals surface area contributed by atoms with Gasteiger partial charge < -0.3 is 15.8 Å². The molecule has 0 saturated carbocycles. The minimum Gasteiger partial charge on any atom is -0.488 e. The summed E-state index contributed by atoms with van der Waals surface area (Å²) < 4.78 is 5.72. The summed E-state index contributed by atoms with van der Waals surface area (Å²) in [6.07, 6.45) is 0. The highest BCUT2D eigenvalue weighted by Gasteiger charge is 2.10. The average Bonchev–Trinajstić information content (AvgIpc) is 3.09. The Kier molecular flexibility index (Phi) is 5.88. The Morgan fingerprint density at radius 2 is 1.93 bits per heavy atom. The second-order valence-electron chi connectivity index (χ2n) is 6.06. The summed E-state index contributed by atoms with van der Waals surface area (Å²) in [5.41, 5.74) is 8.26. The highest BCUT2D eigenvalue weighted by atomic mass is 32.1. The first-order valence-corrected chi connectivity index (χ1v) is 9.34. The molecule has 1 heterocycles. The Hall–Kier alpha value is -3.12. The molecule has 5 nitrogen and oxygen atoms in total. The van der Waals surface area contributed by atoms with Gasteiger partial charge in [-0.15, -0.1) is 11.3 Å². The summed E-state index contributed by atoms with van der Waals surface area (Å²) in [6.45, 7) is 2.77. The van der Waals surface area contributed by atoms with Crippen LogP contribution in [0.5, 0.6) is 5.75 Å². The minimum absolute atomic E-state index is 0.137. The Balaban J connectivity index is 1.64. The van der Waals surface area contributed by atoms with Gasteiger partial charge in [0.25, 0.3) is 11.8 Å². The van der Waals surface area contributed by atoms with Gasteiger partial charge in [0, 0.05) is 10.4 Å². The minimum atomic E-state index is -0.539. The molecule has 2 aromatic carbocycles. The number of rotatable bonds is 7. The first-order chi connectivity index (χ1) is 13.0. The molecule has 0 aliphatic carbocycles. The molecule has 27 heavy (non-hydrogen) atoms. The highest BCUT2D eigenvalue weighted by molar-refractivity contribution is 7.10. The summed E-state index contributed by atoms with van der Waals surface area (Å²) in [5.74, 6) is -0.252. The first kappa shape index (κ1) is 18.7. The van der Waals surface area contributed by atoms with Crippen molar-refractivity contribution >= 4 is 23.2 Å². The van der Waals surface area contributed by atoms with E-state index in [-0.39, 0.29) is 12.5 Å². The smallest absolute Gasteiger partial charge is 0.252 e. The molecule has 0 aliphatic rings. The third kappa shape index (κ3) is 4.74. The molecule has 0 bridgehead atoms. The van der Waals surface area contributed by atoms with Crippen molar-refractivity contribution in [2.24, 2.45) is 5.73 Å². The molecule has 3 aromatic rings.